The molecular weight excluding hydrogens is 316 g/mol. The predicted octanol–water partition coefficient (Wildman–Crippen LogP) is 4.32. The van der Waals surface area contributed by atoms with Crippen LogP contribution in [-0.4, -0.2) is 17.1 Å². The molecule has 116 valence electrons. The number of hydrogen-bond donors (Lipinski definition) is 1. The Morgan fingerprint density at radius 1 is 1.26 bits per heavy atom. The Labute approximate surface area is 135 Å². The lowest BCUT2D eigenvalue weighted by Gasteiger charge is -2.08. The minimum atomic E-state index is -0.503. The maximum atomic E-state index is 12.5. The first-order valence-corrected chi connectivity index (χ1v) is 7.92. The SMILES string of the molecule is CSc1ccccc1NC(=O)c1coc2ccc([N+](=O)[O-])cc12. The lowest BCUT2D eigenvalue weighted by Crippen LogP contribution is -2.11. The van der Waals surface area contributed by atoms with Crippen LogP contribution in [0.2, 0.25) is 0 Å². The van der Waals surface area contributed by atoms with Gasteiger partial charge in [-0.25, -0.2) is 0 Å². The molecule has 7 heteroatoms. The smallest absolute Gasteiger partial charge is 0.270 e. The number of benzene rings is 2. The molecular formula is C16H12N2O4S. The fourth-order valence-electron chi connectivity index (χ4n) is 2.24. The molecule has 6 nitrogen and oxygen atoms in total. The van der Waals surface area contributed by atoms with E-state index in [1.165, 1.54) is 36.2 Å². The Morgan fingerprint density at radius 3 is 2.78 bits per heavy atom. The first-order chi connectivity index (χ1) is 11.1. The molecule has 1 aromatic heterocycles. The van der Waals surface area contributed by atoms with Crippen LogP contribution in [0, 0.1) is 10.1 Å². The van der Waals surface area contributed by atoms with E-state index in [2.05, 4.69) is 5.32 Å². The number of furan rings is 1. The zero-order chi connectivity index (χ0) is 16.4. The van der Waals surface area contributed by atoms with Crippen LogP contribution in [-0.2, 0) is 0 Å². The summed E-state index contributed by atoms with van der Waals surface area (Å²) in [7, 11) is 0. The van der Waals surface area contributed by atoms with Crippen molar-refractivity contribution in [1.82, 2.24) is 0 Å². The van der Waals surface area contributed by atoms with Crippen LogP contribution >= 0.6 is 11.8 Å². The van der Waals surface area contributed by atoms with E-state index in [-0.39, 0.29) is 17.2 Å². The fourth-order valence-corrected chi connectivity index (χ4v) is 2.80. The number of para-hydroxylation sites is 1. The molecule has 3 aromatic rings. The maximum Gasteiger partial charge on any atom is 0.270 e. The standard InChI is InChI=1S/C16H12N2O4S/c1-23-15-5-3-2-4-13(15)17-16(19)12-9-22-14-7-6-10(18(20)21)8-11(12)14/h2-9H,1H3,(H,17,19). The van der Waals surface area contributed by atoms with E-state index in [4.69, 9.17) is 4.42 Å². The van der Waals surface area contributed by atoms with Crippen molar-refractivity contribution >= 4 is 40.0 Å². The molecule has 1 amide bonds. The van der Waals surface area contributed by atoms with Crippen molar-refractivity contribution in [2.45, 2.75) is 4.90 Å². The number of carbonyl (C=O) groups is 1. The van der Waals surface area contributed by atoms with E-state index in [1.807, 2.05) is 24.5 Å². The summed E-state index contributed by atoms with van der Waals surface area (Å²) in [5, 5.41) is 14.1. The number of rotatable bonds is 4. The molecule has 0 spiro atoms. The molecule has 0 radical (unpaired) electrons. The van der Waals surface area contributed by atoms with Crippen LogP contribution in [0.25, 0.3) is 11.0 Å². The second-order valence-corrected chi connectivity index (χ2v) is 5.59. The van der Waals surface area contributed by atoms with Crippen LogP contribution in [0.1, 0.15) is 10.4 Å². The van der Waals surface area contributed by atoms with Crippen LogP contribution in [0.4, 0.5) is 11.4 Å². The van der Waals surface area contributed by atoms with Crippen molar-refractivity contribution in [2.75, 3.05) is 11.6 Å². The average molecular weight is 328 g/mol. The van der Waals surface area contributed by atoms with Gasteiger partial charge in [0.15, 0.2) is 0 Å². The van der Waals surface area contributed by atoms with Gasteiger partial charge in [-0.05, 0) is 24.5 Å². The predicted molar refractivity (Wildman–Crippen MR) is 89.0 cm³/mol. The lowest BCUT2D eigenvalue weighted by molar-refractivity contribution is -0.384. The summed E-state index contributed by atoms with van der Waals surface area (Å²) in [5.41, 5.74) is 1.29. The monoisotopic (exact) mass is 328 g/mol. The number of hydrogen-bond acceptors (Lipinski definition) is 5. The third-order valence-corrected chi connectivity index (χ3v) is 4.16. The lowest BCUT2D eigenvalue weighted by atomic mass is 10.1. The van der Waals surface area contributed by atoms with Crippen molar-refractivity contribution in [3.05, 3.63) is 64.4 Å². The molecule has 1 heterocycles. The van der Waals surface area contributed by atoms with Gasteiger partial charge in [0.2, 0.25) is 0 Å². The van der Waals surface area contributed by atoms with Crippen LogP contribution in [0.3, 0.4) is 0 Å². The van der Waals surface area contributed by atoms with Gasteiger partial charge in [-0.1, -0.05) is 12.1 Å². The molecule has 0 unspecified atom stereocenters. The molecule has 0 bridgehead atoms. The highest BCUT2D eigenvalue weighted by Crippen LogP contribution is 2.28. The highest BCUT2D eigenvalue weighted by atomic mass is 32.2. The summed E-state index contributed by atoms with van der Waals surface area (Å²) in [5.74, 6) is -0.370. The minimum absolute atomic E-state index is 0.0857. The molecule has 23 heavy (non-hydrogen) atoms. The van der Waals surface area contributed by atoms with Crippen molar-refractivity contribution < 1.29 is 14.1 Å². The minimum Gasteiger partial charge on any atom is -0.463 e. The molecule has 2 aromatic carbocycles. The quantitative estimate of drug-likeness (QED) is 0.438. The number of amides is 1. The highest BCUT2D eigenvalue weighted by Gasteiger charge is 2.18. The van der Waals surface area contributed by atoms with E-state index in [0.29, 0.717) is 16.7 Å². The van der Waals surface area contributed by atoms with Crippen LogP contribution in [0.5, 0.6) is 0 Å². The summed E-state index contributed by atoms with van der Waals surface area (Å²) >= 11 is 1.52. The van der Waals surface area contributed by atoms with Crippen LogP contribution < -0.4 is 5.32 Å². The van der Waals surface area contributed by atoms with Gasteiger partial charge in [0.1, 0.15) is 11.8 Å². The second-order valence-electron chi connectivity index (χ2n) is 4.74. The van der Waals surface area contributed by atoms with Gasteiger partial charge in [-0.3, -0.25) is 14.9 Å². The molecule has 0 saturated heterocycles. The number of nitrogens with one attached hydrogen (secondary N) is 1. The summed E-state index contributed by atoms with van der Waals surface area (Å²) in [6.45, 7) is 0. The molecule has 3 rings (SSSR count). The number of fused-ring (bicyclic) bond motifs is 1. The summed E-state index contributed by atoms with van der Waals surface area (Å²) in [4.78, 5) is 23.8. The number of nitro groups is 1. The van der Waals surface area contributed by atoms with E-state index in [1.54, 1.807) is 6.07 Å². The van der Waals surface area contributed by atoms with E-state index < -0.39 is 4.92 Å². The van der Waals surface area contributed by atoms with Gasteiger partial charge < -0.3 is 9.73 Å². The average Bonchev–Trinajstić information content (AvgIpc) is 2.98. The number of non-ortho nitro benzene ring substituents is 1. The summed E-state index contributed by atoms with van der Waals surface area (Å²) in [6, 6.07) is 11.6. The number of carbonyl (C=O) groups excluding carboxylic acids is 1. The van der Waals surface area contributed by atoms with Gasteiger partial charge in [-0.15, -0.1) is 11.8 Å². The zero-order valence-electron chi connectivity index (χ0n) is 12.1. The Hall–Kier alpha value is -2.80. The number of thioether (sulfide) groups is 1. The molecule has 0 fully saturated rings. The third kappa shape index (κ3) is 2.91. The Balaban J connectivity index is 1.97. The van der Waals surface area contributed by atoms with Crippen molar-refractivity contribution in [3.8, 4) is 0 Å². The Kier molecular flexibility index (Phi) is 4.03. The molecule has 0 aliphatic rings. The molecule has 0 aliphatic carbocycles. The van der Waals surface area contributed by atoms with Crippen molar-refractivity contribution in [2.24, 2.45) is 0 Å². The summed E-state index contributed by atoms with van der Waals surface area (Å²) < 4.78 is 5.31. The van der Waals surface area contributed by atoms with E-state index in [9.17, 15) is 14.9 Å². The van der Waals surface area contributed by atoms with Gasteiger partial charge in [0.25, 0.3) is 11.6 Å². The second kappa shape index (κ2) is 6.13. The van der Waals surface area contributed by atoms with Gasteiger partial charge in [0, 0.05) is 22.4 Å². The number of nitro benzene ring substituents is 1. The molecule has 0 saturated carbocycles. The van der Waals surface area contributed by atoms with Crippen LogP contribution in [0.15, 0.2) is 58.0 Å². The number of nitrogens with zero attached hydrogens (tertiary/aromatic N) is 1. The summed E-state index contributed by atoms with van der Waals surface area (Å²) in [6.07, 6.45) is 3.23. The first kappa shape index (κ1) is 15.1. The van der Waals surface area contributed by atoms with Gasteiger partial charge in [-0.2, -0.15) is 0 Å². The topological polar surface area (TPSA) is 85.4 Å². The first-order valence-electron chi connectivity index (χ1n) is 6.70. The van der Waals surface area contributed by atoms with E-state index in [0.717, 1.165) is 4.90 Å². The van der Waals surface area contributed by atoms with Crippen molar-refractivity contribution in [3.63, 3.8) is 0 Å². The largest absolute Gasteiger partial charge is 0.463 e. The third-order valence-electron chi connectivity index (χ3n) is 3.37. The van der Waals surface area contributed by atoms with Crippen molar-refractivity contribution in [1.29, 1.82) is 0 Å². The molecule has 1 N–H and O–H groups in total. The maximum absolute atomic E-state index is 12.5. The zero-order valence-corrected chi connectivity index (χ0v) is 12.9. The van der Waals surface area contributed by atoms with Gasteiger partial charge in [0.05, 0.1) is 16.2 Å². The number of anilines is 1. The van der Waals surface area contributed by atoms with E-state index >= 15 is 0 Å². The van der Waals surface area contributed by atoms with Gasteiger partial charge >= 0.3 is 0 Å². The Bertz CT molecular complexity index is 904. The molecule has 0 aliphatic heterocycles. The highest BCUT2D eigenvalue weighted by molar-refractivity contribution is 7.98. The fraction of sp³-hybridized carbons (Fsp3) is 0.0625. The normalized spacial score (nSPS) is 10.7. The Morgan fingerprint density at radius 2 is 2.04 bits per heavy atom. The molecule has 0 atom stereocenters.